The van der Waals surface area contributed by atoms with Gasteiger partial charge in [-0.05, 0) is 14.1 Å². The van der Waals surface area contributed by atoms with Crippen molar-refractivity contribution in [2.75, 3.05) is 14.1 Å². The monoisotopic (exact) mass is 262 g/mol. The Hall–Kier alpha value is -1.64. The predicted octanol–water partition coefficient (Wildman–Crippen LogP) is 3.94. The molecule has 0 heterocycles. The van der Waals surface area contributed by atoms with Crippen LogP contribution >= 0.6 is 0 Å². The number of hydrogen-bond donors (Lipinski definition) is 2. The number of rotatable bonds is 0. The normalized spacial score (nSPS) is 6.63. The average Bonchev–Trinajstić information content (AvgIpc) is 2.56. The summed E-state index contributed by atoms with van der Waals surface area (Å²) >= 11 is 0. The van der Waals surface area contributed by atoms with Gasteiger partial charge in [0.1, 0.15) is 0 Å². The van der Waals surface area contributed by atoms with Crippen molar-refractivity contribution in [2.45, 2.75) is 20.3 Å². The average molecular weight is 262 g/mol. The molecule has 0 atom stereocenters. The van der Waals surface area contributed by atoms with Crippen molar-refractivity contribution in [1.82, 2.24) is 0 Å². The fourth-order valence-corrected chi connectivity index (χ4v) is 0.770. The Bertz CT molecular complexity index is 198. The van der Waals surface area contributed by atoms with Gasteiger partial charge in [-0.15, -0.1) is 0 Å². The molecule has 19 heavy (non-hydrogen) atoms. The number of benzene rings is 2. The maximum Gasteiger partial charge on any atom is -0.0195 e. The quantitative estimate of drug-likeness (QED) is 0.755. The van der Waals surface area contributed by atoms with Crippen LogP contribution in [0.4, 0.5) is 0 Å². The summed E-state index contributed by atoms with van der Waals surface area (Å²) in [5.74, 6) is 0. The van der Waals surface area contributed by atoms with Crippen molar-refractivity contribution >= 4 is 0 Å². The molecule has 0 radical (unpaired) electrons. The van der Waals surface area contributed by atoms with E-state index in [-0.39, 0.29) is 0 Å². The van der Waals surface area contributed by atoms with Gasteiger partial charge in [0.05, 0.1) is 0 Å². The highest BCUT2D eigenvalue weighted by atomic mass is 14.4. The van der Waals surface area contributed by atoms with Crippen molar-refractivity contribution in [2.24, 2.45) is 11.5 Å². The van der Waals surface area contributed by atoms with Crippen LogP contribution in [-0.4, -0.2) is 14.1 Å². The molecule has 0 aromatic heterocycles. The van der Waals surface area contributed by atoms with Gasteiger partial charge in [0.25, 0.3) is 0 Å². The molecule has 0 fully saturated rings. The van der Waals surface area contributed by atoms with Gasteiger partial charge in [-0.25, -0.2) is 0 Å². The van der Waals surface area contributed by atoms with Crippen LogP contribution in [-0.2, 0) is 0 Å². The van der Waals surface area contributed by atoms with Crippen molar-refractivity contribution in [3.63, 3.8) is 0 Å². The highest BCUT2D eigenvalue weighted by Crippen LogP contribution is 1.80. The Balaban J connectivity index is -0.000000187. The molecule has 0 bridgehead atoms. The van der Waals surface area contributed by atoms with Crippen LogP contribution in [0.2, 0.25) is 0 Å². The van der Waals surface area contributed by atoms with Crippen LogP contribution in [0, 0.1) is 0 Å². The van der Waals surface area contributed by atoms with Crippen LogP contribution in [0.5, 0.6) is 0 Å². The Morgan fingerprint density at radius 2 is 0.474 bits per heavy atom. The Morgan fingerprint density at radius 3 is 0.526 bits per heavy atom. The summed E-state index contributed by atoms with van der Waals surface area (Å²) in [5.41, 5.74) is 9.00. The second kappa shape index (κ2) is 29.9. The van der Waals surface area contributed by atoms with E-state index in [0.717, 1.165) is 0 Å². The van der Waals surface area contributed by atoms with E-state index in [1.54, 1.807) is 0 Å². The summed E-state index contributed by atoms with van der Waals surface area (Å²) in [6.07, 6.45) is 1.25. The van der Waals surface area contributed by atoms with E-state index in [1.807, 2.05) is 72.8 Å². The lowest BCUT2D eigenvalue weighted by Gasteiger charge is -1.69. The fourth-order valence-electron chi connectivity index (χ4n) is 0.770. The van der Waals surface area contributed by atoms with Gasteiger partial charge in [-0.2, -0.15) is 0 Å². The number of hydrogen-bond acceptors (Lipinski definition) is 2. The first-order valence-corrected chi connectivity index (χ1v) is 6.57. The lowest BCUT2D eigenvalue weighted by molar-refractivity contribution is 1.09. The molecular weight excluding hydrogens is 232 g/mol. The molecule has 0 spiro atoms. The second-order valence-electron chi connectivity index (χ2n) is 3.02. The minimum Gasteiger partial charge on any atom is -0.333 e. The molecule has 2 aromatic rings. The van der Waals surface area contributed by atoms with E-state index >= 15 is 0 Å². The van der Waals surface area contributed by atoms with Gasteiger partial charge in [-0.1, -0.05) is 93.1 Å². The first kappa shape index (κ1) is 22.5. The summed E-state index contributed by atoms with van der Waals surface area (Å²) < 4.78 is 0. The molecule has 0 amide bonds. The Labute approximate surface area is 119 Å². The summed E-state index contributed by atoms with van der Waals surface area (Å²) in [5, 5.41) is 0. The minimum absolute atomic E-state index is 1.25. The molecular formula is C17H30N2. The Kier molecular flexibility index (Phi) is 35.5. The van der Waals surface area contributed by atoms with E-state index in [9.17, 15) is 0 Å². The fraction of sp³-hybridized carbons (Fsp3) is 0.294. The van der Waals surface area contributed by atoms with Gasteiger partial charge in [0.15, 0.2) is 0 Å². The van der Waals surface area contributed by atoms with Gasteiger partial charge < -0.3 is 11.5 Å². The van der Waals surface area contributed by atoms with Crippen molar-refractivity contribution in [3.8, 4) is 0 Å². The minimum atomic E-state index is 1.25. The molecule has 4 N–H and O–H groups in total. The maximum absolute atomic E-state index is 4.50. The van der Waals surface area contributed by atoms with Crippen molar-refractivity contribution in [3.05, 3.63) is 72.8 Å². The highest BCUT2D eigenvalue weighted by molar-refractivity contribution is 4.99. The zero-order valence-electron chi connectivity index (χ0n) is 12.8. The topological polar surface area (TPSA) is 52.0 Å². The maximum atomic E-state index is 4.50. The lowest BCUT2D eigenvalue weighted by atomic mass is 10.4. The molecule has 2 heteroatoms. The molecule has 2 nitrogen and oxygen atoms in total. The Morgan fingerprint density at radius 1 is 0.421 bits per heavy atom. The largest absolute Gasteiger partial charge is 0.333 e. The van der Waals surface area contributed by atoms with E-state index in [0.29, 0.717) is 0 Å². The molecule has 0 aliphatic heterocycles. The van der Waals surface area contributed by atoms with E-state index in [2.05, 4.69) is 25.3 Å². The van der Waals surface area contributed by atoms with Crippen LogP contribution in [0.3, 0.4) is 0 Å². The lowest BCUT2D eigenvalue weighted by Crippen LogP contribution is -1.69. The molecule has 0 aliphatic rings. The zero-order valence-corrected chi connectivity index (χ0v) is 12.8. The van der Waals surface area contributed by atoms with Gasteiger partial charge in [-0.3, -0.25) is 0 Å². The number of nitrogens with two attached hydrogens (primary N) is 2. The third-order valence-corrected chi connectivity index (χ3v) is 1.33. The van der Waals surface area contributed by atoms with Crippen molar-refractivity contribution < 1.29 is 0 Å². The van der Waals surface area contributed by atoms with Crippen LogP contribution in [0.1, 0.15) is 20.3 Å². The molecule has 0 unspecified atom stereocenters. The molecule has 108 valence electrons. The predicted molar refractivity (Wildman–Crippen MR) is 89.1 cm³/mol. The highest BCUT2D eigenvalue weighted by Gasteiger charge is 1.58. The van der Waals surface area contributed by atoms with Crippen LogP contribution in [0.15, 0.2) is 72.8 Å². The molecule has 0 aliphatic carbocycles. The first-order valence-electron chi connectivity index (χ1n) is 6.57. The smallest absolute Gasteiger partial charge is 0.0195 e. The summed E-state index contributed by atoms with van der Waals surface area (Å²) in [7, 11) is 3.00. The zero-order chi connectivity index (χ0) is 15.2. The SMILES string of the molecule is CCC.CN.CN.c1ccccc1.c1ccccc1. The van der Waals surface area contributed by atoms with Crippen LogP contribution in [0.25, 0.3) is 0 Å². The van der Waals surface area contributed by atoms with Gasteiger partial charge in [0, 0.05) is 0 Å². The molecule has 0 saturated carbocycles. The van der Waals surface area contributed by atoms with Gasteiger partial charge >= 0.3 is 0 Å². The van der Waals surface area contributed by atoms with Crippen LogP contribution < -0.4 is 11.5 Å². The van der Waals surface area contributed by atoms with Crippen molar-refractivity contribution in [1.29, 1.82) is 0 Å². The third kappa shape index (κ3) is 31.4. The summed E-state index contributed by atoms with van der Waals surface area (Å²) in [6, 6.07) is 24.0. The summed E-state index contributed by atoms with van der Waals surface area (Å²) in [6.45, 7) is 4.25. The summed E-state index contributed by atoms with van der Waals surface area (Å²) in [4.78, 5) is 0. The van der Waals surface area contributed by atoms with E-state index in [1.165, 1.54) is 20.5 Å². The van der Waals surface area contributed by atoms with Gasteiger partial charge in [0.2, 0.25) is 0 Å². The molecule has 2 rings (SSSR count). The second-order valence-corrected chi connectivity index (χ2v) is 3.02. The molecule has 0 saturated heterocycles. The van der Waals surface area contributed by atoms with E-state index < -0.39 is 0 Å². The first-order chi connectivity index (χ1) is 9.41. The third-order valence-electron chi connectivity index (χ3n) is 1.33. The molecule has 2 aromatic carbocycles. The standard InChI is InChI=1S/2C6H6.C3H8.2CH5N/c2*1-2-4-6-5-3-1;1-3-2;2*1-2/h2*1-6H;3H2,1-2H3;2*2H2,1H3. The van der Waals surface area contributed by atoms with E-state index in [4.69, 9.17) is 0 Å².